The minimum Gasteiger partial charge on any atom is -0.354 e. The van der Waals surface area contributed by atoms with Crippen molar-refractivity contribution in [2.75, 3.05) is 43.4 Å². The van der Waals surface area contributed by atoms with Crippen molar-refractivity contribution in [3.63, 3.8) is 0 Å². The highest BCUT2D eigenvalue weighted by Gasteiger charge is 2.18. The molecule has 0 spiro atoms. The Hall–Kier alpha value is -3.01. The summed E-state index contributed by atoms with van der Waals surface area (Å²) in [6.45, 7) is 3.47. The van der Waals surface area contributed by atoms with Gasteiger partial charge in [0.25, 0.3) is 11.5 Å². The molecule has 2 aromatic rings. The first-order valence-electron chi connectivity index (χ1n) is 7.81. The van der Waals surface area contributed by atoms with Crippen LogP contribution in [0.3, 0.4) is 0 Å². The first-order valence-corrected chi connectivity index (χ1v) is 7.81. The lowest BCUT2D eigenvalue weighted by Gasteiger charge is -2.33. The first-order chi connectivity index (χ1) is 11.9. The summed E-state index contributed by atoms with van der Waals surface area (Å²) in [4.78, 5) is 50.1. The molecule has 0 saturated carbocycles. The summed E-state index contributed by atoms with van der Waals surface area (Å²) in [6.07, 6.45) is 1.33. The third-order valence-electron chi connectivity index (χ3n) is 4.12. The summed E-state index contributed by atoms with van der Waals surface area (Å²) in [5, 5.41) is 2.53. The Kier molecular flexibility index (Phi) is 4.61. The first kappa shape index (κ1) is 16.8. The number of hydrogen-bond acceptors (Lipinski definition) is 7. The predicted octanol–water partition coefficient (Wildman–Crippen LogP) is -1.13. The smallest absolute Gasteiger partial charge is 0.329 e. The van der Waals surface area contributed by atoms with Crippen molar-refractivity contribution in [1.82, 2.24) is 24.4 Å². The van der Waals surface area contributed by atoms with Crippen molar-refractivity contribution >= 4 is 17.5 Å². The van der Waals surface area contributed by atoms with E-state index in [4.69, 9.17) is 0 Å². The van der Waals surface area contributed by atoms with Gasteiger partial charge in [0.2, 0.25) is 0 Å². The van der Waals surface area contributed by atoms with Gasteiger partial charge in [-0.1, -0.05) is 0 Å². The van der Waals surface area contributed by atoms with Crippen LogP contribution in [0.2, 0.25) is 0 Å². The van der Waals surface area contributed by atoms with Gasteiger partial charge in [0, 0.05) is 45.4 Å². The van der Waals surface area contributed by atoms with Gasteiger partial charge in [0.15, 0.2) is 0 Å². The maximum absolute atomic E-state index is 12.4. The van der Waals surface area contributed by atoms with Gasteiger partial charge >= 0.3 is 5.69 Å². The molecule has 0 atom stereocenters. The van der Waals surface area contributed by atoms with Crippen molar-refractivity contribution in [3.8, 4) is 0 Å². The van der Waals surface area contributed by atoms with E-state index in [-0.39, 0.29) is 11.5 Å². The molecule has 3 rings (SSSR count). The highest BCUT2D eigenvalue weighted by atomic mass is 16.2. The minimum atomic E-state index is -0.608. The van der Waals surface area contributed by atoms with Gasteiger partial charge in [-0.3, -0.25) is 19.1 Å². The maximum atomic E-state index is 12.4. The number of hydrogen-bond donors (Lipinski definition) is 2. The summed E-state index contributed by atoms with van der Waals surface area (Å²) >= 11 is 0. The monoisotopic (exact) mass is 345 g/mol. The Morgan fingerprint density at radius 1 is 1.12 bits per heavy atom. The zero-order valence-corrected chi connectivity index (χ0v) is 14.0. The molecular formula is C15H19N7O3. The molecule has 2 N–H and O–H groups in total. The van der Waals surface area contributed by atoms with Crippen molar-refractivity contribution < 1.29 is 4.79 Å². The lowest BCUT2D eigenvalue weighted by molar-refractivity contribution is 0.102. The average molecular weight is 345 g/mol. The SMILES string of the molecule is CN1CCN(c2cc(C(=O)Nc3cc(=O)[nH]c(=O)n3C)ncn2)CC1. The number of nitrogens with zero attached hydrogens (tertiary/aromatic N) is 5. The van der Waals surface area contributed by atoms with E-state index in [1.165, 1.54) is 13.4 Å². The Bertz CT molecular complexity index is 896. The number of piperazine rings is 1. The van der Waals surface area contributed by atoms with Crippen molar-refractivity contribution in [1.29, 1.82) is 0 Å². The predicted molar refractivity (Wildman–Crippen MR) is 92.0 cm³/mol. The van der Waals surface area contributed by atoms with Gasteiger partial charge < -0.3 is 15.1 Å². The van der Waals surface area contributed by atoms with E-state index in [0.29, 0.717) is 5.82 Å². The molecule has 3 heterocycles. The lowest BCUT2D eigenvalue weighted by Crippen LogP contribution is -2.44. The molecule has 10 heteroatoms. The maximum Gasteiger partial charge on any atom is 0.329 e. The summed E-state index contributed by atoms with van der Waals surface area (Å²) in [6, 6.07) is 2.74. The van der Waals surface area contributed by atoms with Crippen LogP contribution in [-0.4, -0.2) is 63.6 Å². The van der Waals surface area contributed by atoms with Gasteiger partial charge in [-0.25, -0.2) is 14.8 Å². The largest absolute Gasteiger partial charge is 0.354 e. The van der Waals surface area contributed by atoms with Crippen molar-refractivity contribution in [2.24, 2.45) is 7.05 Å². The number of carbonyl (C=O) groups excluding carboxylic acids is 1. The molecule has 2 aromatic heterocycles. The molecule has 1 saturated heterocycles. The van der Waals surface area contributed by atoms with Gasteiger partial charge in [-0.2, -0.15) is 0 Å². The molecule has 0 aromatic carbocycles. The highest BCUT2D eigenvalue weighted by Crippen LogP contribution is 2.14. The molecule has 1 aliphatic heterocycles. The molecule has 1 fully saturated rings. The number of carbonyl (C=O) groups is 1. The van der Waals surface area contributed by atoms with E-state index in [1.54, 1.807) is 6.07 Å². The molecule has 0 radical (unpaired) electrons. The quantitative estimate of drug-likeness (QED) is 0.723. The van der Waals surface area contributed by atoms with E-state index in [1.807, 2.05) is 0 Å². The Morgan fingerprint density at radius 3 is 2.56 bits per heavy atom. The van der Waals surface area contributed by atoms with Crippen LogP contribution in [0.1, 0.15) is 10.5 Å². The molecule has 1 amide bonds. The molecule has 1 aliphatic rings. The minimum absolute atomic E-state index is 0.0958. The van der Waals surface area contributed by atoms with E-state index < -0.39 is 17.2 Å². The summed E-state index contributed by atoms with van der Waals surface area (Å²) in [7, 11) is 3.51. The summed E-state index contributed by atoms with van der Waals surface area (Å²) < 4.78 is 1.14. The van der Waals surface area contributed by atoms with Crippen molar-refractivity contribution in [3.05, 3.63) is 45.0 Å². The average Bonchev–Trinajstić information content (AvgIpc) is 2.60. The molecule has 10 nitrogen and oxygen atoms in total. The standard InChI is InChI=1S/C15H19N7O3/c1-20-3-5-22(6-4-20)11-7-10(16-9-17-11)14(24)18-12-8-13(23)19-15(25)21(12)2/h7-9H,3-6H2,1-2H3,(H,18,24)(H,19,23,25). The summed E-state index contributed by atoms with van der Waals surface area (Å²) in [5.41, 5.74) is -1.03. The number of amides is 1. The molecule has 0 unspecified atom stereocenters. The van der Waals surface area contributed by atoms with Crippen molar-refractivity contribution in [2.45, 2.75) is 0 Å². The summed E-state index contributed by atoms with van der Waals surface area (Å²) in [5.74, 6) is 0.255. The van der Waals surface area contributed by atoms with E-state index in [0.717, 1.165) is 36.8 Å². The van der Waals surface area contributed by atoms with E-state index in [9.17, 15) is 14.4 Å². The third-order valence-corrected chi connectivity index (χ3v) is 4.12. The number of anilines is 2. The number of rotatable bonds is 3. The number of nitrogens with one attached hydrogen (secondary N) is 2. The highest BCUT2D eigenvalue weighted by molar-refractivity contribution is 6.02. The number of likely N-dealkylation sites (N-methyl/N-ethyl adjacent to an activating group) is 1. The molecule has 25 heavy (non-hydrogen) atoms. The van der Waals surface area contributed by atoms with Crippen LogP contribution in [0.25, 0.3) is 0 Å². The van der Waals surface area contributed by atoms with E-state index >= 15 is 0 Å². The van der Waals surface area contributed by atoms with Gasteiger partial charge in [-0.05, 0) is 7.05 Å². The Morgan fingerprint density at radius 2 is 1.84 bits per heavy atom. The second kappa shape index (κ2) is 6.85. The van der Waals surface area contributed by atoms with Crippen LogP contribution in [0.5, 0.6) is 0 Å². The van der Waals surface area contributed by atoms with Gasteiger partial charge in [-0.15, -0.1) is 0 Å². The second-order valence-corrected chi connectivity index (χ2v) is 5.89. The van der Waals surface area contributed by atoms with Crippen LogP contribution < -0.4 is 21.5 Å². The molecule has 0 bridgehead atoms. The fourth-order valence-electron chi connectivity index (χ4n) is 2.54. The third kappa shape index (κ3) is 3.74. The van der Waals surface area contributed by atoms with Crippen LogP contribution in [-0.2, 0) is 7.05 Å². The zero-order chi connectivity index (χ0) is 18.0. The Balaban J connectivity index is 1.80. The number of aromatic amines is 1. The van der Waals surface area contributed by atoms with Crippen LogP contribution in [0.4, 0.5) is 11.6 Å². The molecule has 132 valence electrons. The topological polar surface area (TPSA) is 116 Å². The fourth-order valence-corrected chi connectivity index (χ4v) is 2.54. The van der Waals surface area contributed by atoms with Crippen LogP contribution in [0.15, 0.2) is 28.0 Å². The van der Waals surface area contributed by atoms with Crippen LogP contribution >= 0.6 is 0 Å². The Labute approximate surface area is 143 Å². The second-order valence-electron chi connectivity index (χ2n) is 5.89. The lowest BCUT2D eigenvalue weighted by atomic mass is 10.3. The van der Waals surface area contributed by atoms with Gasteiger partial charge in [0.1, 0.15) is 23.7 Å². The molecular weight excluding hydrogens is 326 g/mol. The fraction of sp³-hybridized carbons (Fsp3) is 0.400. The van der Waals surface area contributed by atoms with Gasteiger partial charge in [0.05, 0.1) is 0 Å². The zero-order valence-electron chi connectivity index (χ0n) is 14.0. The normalized spacial score (nSPS) is 15.2. The number of H-pyrrole nitrogens is 1. The van der Waals surface area contributed by atoms with E-state index in [2.05, 4.69) is 37.1 Å². The number of aromatic nitrogens is 4. The van der Waals surface area contributed by atoms with Crippen LogP contribution in [0, 0.1) is 0 Å². The molecule has 0 aliphatic carbocycles.